The lowest BCUT2D eigenvalue weighted by molar-refractivity contribution is 0.471. The molecule has 51 valence electrons. The lowest BCUT2D eigenvalue weighted by Gasteiger charge is -2.00. The lowest BCUT2D eigenvalue weighted by Crippen LogP contribution is -1.80. The number of hydrogen-bond donors (Lipinski definition) is 1. The van der Waals surface area contributed by atoms with Crippen molar-refractivity contribution in [2.75, 3.05) is 0 Å². The van der Waals surface area contributed by atoms with Crippen molar-refractivity contribution in [1.82, 2.24) is 0 Å². The van der Waals surface area contributed by atoms with E-state index in [9.17, 15) is 0 Å². The van der Waals surface area contributed by atoms with Crippen LogP contribution in [0.15, 0.2) is 24.8 Å². The molecule has 1 nitrogen and oxygen atoms in total. The second-order valence-corrected chi connectivity index (χ2v) is 2.13. The molecule has 0 fully saturated rings. The number of rotatable bonds is 1. The summed E-state index contributed by atoms with van der Waals surface area (Å²) < 4.78 is 0. The first-order valence-electron chi connectivity index (χ1n) is 3.07. The van der Waals surface area contributed by atoms with Crippen molar-refractivity contribution in [3.05, 3.63) is 42.0 Å². The van der Waals surface area contributed by atoms with E-state index in [1.165, 1.54) is 0 Å². The van der Waals surface area contributed by atoms with Crippen LogP contribution in [-0.4, -0.2) is 5.11 Å². The van der Waals surface area contributed by atoms with Gasteiger partial charge in [0.15, 0.2) is 0 Å². The molecule has 1 N–H and O–H groups in total. The smallest absolute Gasteiger partial charge is 0.119 e. The fourth-order valence-corrected chi connectivity index (χ4v) is 0.815. The molecular formula is C9H9O. The molecule has 0 heterocycles. The highest BCUT2D eigenvalue weighted by Gasteiger charge is 1.96. The van der Waals surface area contributed by atoms with E-state index < -0.39 is 0 Å². The first-order valence-corrected chi connectivity index (χ1v) is 3.07. The third kappa shape index (κ3) is 1.03. The molecule has 0 spiro atoms. The molecule has 1 aromatic carbocycles. The van der Waals surface area contributed by atoms with Crippen molar-refractivity contribution in [1.29, 1.82) is 0 Å². The third-order valence-electron chi connectivity index (χ3n) is 1.50. The van der Waals surface area contributed by atoms with Crippen LogP contribution in [0.1, 0.15) is 11.1 Å². The summed E-state index contributed by atoms with van der Waals surface area (Å²) in [5.41, 5.74) is 1.69. The molecule has 1 radical (unpaired) electrons. The predicted octanol–water partition coefficient (Wildman–Crippen LogP) is 2.04. The van der Waals surface area contributed by atoms with Gasteiger partial charge in [-0.05, 0) is 30.2 Å². The SMILES string of the molecule is C=[C]c1cccc(O)c1C. The Labute approximate surface area is 60.6 Å². The Kier molecular flexibility index (Phi) is 1.76. The average molecular weight is 133 g/mol. The van der Waals surface area contributed by atoms with Crippen LogP contribution in [0, 0.1) is 13.0 Å². The highest BCUT2D eigenvalue weighted by atomic mass is 16.3. The molecule has 0 aromatic heterocycles. The Hall–Kier alpha value is -1.24. The summed E-state index contributed by atoms with van der Waals surface area (Å²) in [6.45, 7) is 5.33. The minimum Gasteiger partial charge on any atom is -0.508 e. The molecular weight excluding hydrogens is 124 g/mol. The van der Waals surface area contributed by atoms with E-state index in [1.807, 2.05) is 13.0 Å². The summed E-state index contributed by atoms with van der Waals surface area (Å²) in [5.74, 6) is 0.300. The number of phenolic OH excluding ortho intramolecular Hbond substituents is 1. The highest BCUT2D eigenvalue weighted by Crippen LogP contribution is 2.18. The lowest BCUT2D eigenvalue weighted by atomic mass is 10.1. The standard InChI is InChI=1S/C9H9O/c1-3-8-5-4-6-9(10)7(8)2/h4-6,10H,1H2,2H3. The summed E-state index contributed by atoms with van der Waals surface area (Å²) in [6.07, 6.45) is 2.73. The van der Waals surface area contributed by atoms with Gasteiger partial charge in [-0.15, -0.1) is 0 Å². The van der Waals surface area contributed by atoms with Gasteiger partial charge in [-0.2, -0.15) is 0 Å². The van der Waals surface area contributed by atoms with Crippen LogP contribution in [0.25, 0.3) is 0 Å². The predicted molar refractivity (Wildman–Crippen MR) is 40.8 cm³/mol. The van der Waals surface area contributed by atoms with Crippen molar-refractivity contribution < 1.29 is 5.11 Å². The first kappa shape index (κ1) is 6.87. The van der Waals surface area contributed by atoms with Crippen LogP contribution in [0.4, 0.5) is 0 Å². The number of phenols is 1. The molecule has 1 heteroatoms. The van der Waals surface area contributed by atoms with E-state index in [0.29, 0.717) is 5.75 Å². The molecule has 0 aliphatic heterocycles. The van der Waals surface area contributed by atoms with Crippen LogP contribution >= 0.6 is 0 Å². The van der Waals surface area contributed by atoms with Crippen molar-refractivity contribution >= 4 is 0 Å². The van der Waals surface area contributed by atoms with Gasteiger partial charge in [-0.3, -0.25) is 0 Å². The maximum absolute atomic E-state index is 9.16. The summed E-state index contributed by atoms with van der Waals surface area (Å²) in [7, 11) is 0. The second-order valence-electron chi connectivity index (χ2n) is 2.13. The Morgan fingerprint density at radius 1 is 1.50 bits per heavy atom. The number of benzene rings is 1. The molecule has 0 atom stereocenters. The zero-order valence-electron chi connectivity index (χ0n) is 5.89. The molecule has 0 saturated carbocycles. The van der Waals surface area contributed by atoms with Crippen LogP contribution in [0.3, 0.4) is 0 Å². The first-order chi connectivity index (χ1) is 4.75. The Morgan fingerprint density at radius 3 is 2.70 bits per heavy atom. The van der Waals surface area contributed by atoms with E-state index in [4.69, 9.17) is 5.11 Å². The third-order valence-corrected chi connectivity index (χ3v) is 1.50. The fraction of sp³-hybridized carbons (Fsp3) is 0.111. The van der Waals surface area contributed by atoms with Gasteiger partial charge >= 0.3 is 0 Å². The van der Waals surface area contributed by atoms with Crippen molar-refractivity contribution in [3.8, 4) is 5.75 Å². The van der Waals surface area contributed by atoms with E-state index in [2.05, 4.69) is 12.7 Å². The van der Waals surface area contributed by atoms with Crippen LogP contribution < -0.4 is 0 Å². The molecule has 1 aromatic rings. The molecule has 0 unspecified atom stereocenters. The van der Waals surface area contributed by atoms with Crippen molar-refractivity contribution in [2.45, 2.75) is 6.92 Å². The summed E-state index contributed by atoms with van der Waals surface area (Å²) in [5, 5.41) is 9.16. The van der Waals surface area contributed by atoms with Crippen LogP contribution in [0.5, 0.6) is 5.75 Å². The summed E-state index contributed by atoms with van der Waals surface area (Å²) in [4.78, 5) is 0. The Morgan fingerprint density at radius 2 is 2.20 bits per heavy atom. The van der Waals surface area contributed by atoms with Gasteiger partial charge < -0.3 is 5.11 Å². The van der Waals surface area contributed by atoms with E-state index in [0.717, 1.165) is 11.1 Å². The molecule has 10 heavy (non-hydrogen) atoms. The fourth-order valence-electron chi connectivity index (χ4n) is 0.815. The van der Waals surface area contributed by atoms with Crippen molar-refractivity contribution in [2.24, 2.45) is 0 Å². The summed E-state index contributed by atoms with van der Waals surface area (Å²) in [6, 6.07) is 5.29. The monoisotopic (exact) mass is 133 g/mol. The zero-order valence-corrected chi connectivity index (χ0v) is 5.89. The molecule has 0 amide bonds. The van der Waals surface area contributed by atoms with Gasteiger partial charge in [0.25, 0.3) is 0 Å². The van der Waals surface area contributed by atoms with Gasteiger partial charge in [0.1, 0.15) is 5.75 Å². The molecule has 0 bridgehead atoms. The molecule has 0 aliphatic rings. The Balaban J connectivity index is 3.27. The molecule has 1 rings (SSSR count). The number of aromatic hydroxyl groups is 1. The van der Waals surface area contributed by atoms with Gasteiger partial charge in [0.05, 0.1) is 0 Å². The molecule has 0 aliphatic carbocycles. The molecule has 0 saturated heterocycles. The van der Waals surface area contributed by atoms with Gasteiger partial charge in [-0.25, -0.2) is 0 Å². The van der Waals surface area contributed by atoms with Gasteiger partial charge in [-0.1, -0.05) is 18.7 Å². The van der Waals surface area contributed by atoms with Gasteiger partial charge in [0.2, 0.25) is 0 Å². The maximum atomic E-state index is 9.16. The largest absolute Gasteiger partial charge is 0.508 e. The summed E-state index contributed by atoms with van der Waals surface area (Å²) >= 11 is 0. The van der Waals surface area contributed by atoms with Crippen LogP contribution in [0.2, 0.25) is 0 Å². The quantitative estimate of drug-likeness (QED) is 0.621. The normalized spacial score (nSPS) is 9.30. The second kappa shape index (κ2) is 2.56. The van der Waals surface area contributed by atoms with Crippen molar-refractivity contribution in [3.63, 3.8) is 0 Å². The van der Waals surface area contributed by atoms with E-state index in [1.54, 1.807) is 12.1 Å². The minimum absolute atomic E-state index is 0.300. The maximum Gasteiger partial charge on any atom is 0.119 e. The zero-order chi connectivity index (χ0) is 7.56. The topological polar surface area (TPSA) is 20.2 Å². The average Bonchev–Trinajstić information content (AvgIpc) is 1.95. The van der Waals surface area contributed by atoms with Crippen LogP contribution in [-0.2, 0) is 0 Å². The highest BCUT2D eigenvalue weighted by molar-refractivity contribution is 5.40. The number of hydrogen-bond acceptors (Lipinski definition) is 1. The van der Waals surface area contributed by atoms with Gasteiger partial charge in [0, 0.05) is 0 Å². The minimum atomic E-state index is 0.300. The van der Waals surface area contributed by atoms with E-state index >= 15 is 0 Å². The van der Waals surface area contributed by atoms with E-state index in [-0.39, 0.29) is 0 Å². The Bertz CT molecular complexity index is 251.